The van der Waals surface area contributed by atoms with E-state index in [0.29, 0.717) is 11.1 Å². The largest absolute Gasteiger partial charge is 0.478 e. The highest BCUT2D eigenvalue weighted by atomic mass is 32.1. The van der Waals surface area contributed by atoms with Crippen molar-refractivity contribution in [1.82, 2.24) is 4.98 Å². The number of hydrogen-bond donors (Lipinski definition) is 1. The molecule has 27 heavy (non-hydrogen) atoms. The molecule has 0 aliphatic carbocycles. The summed E-state index contributed by atoms with van der Waals surface area (Å²) in [5.74, 6) is 5.30. The predicted octanol–water partition coefficient (Wildman–Crippen LogP) is 5.37. The van der Waals surface area contributed by atoms with Crippen molar-refractivity contribution in [2.45, 2.75) is 6.92 Å². The first-order chi connectivity index (χ1) is 13.1. The molecule has 1 heterocycles. The molecule has 0 unspecified atom stereocenters. The molecule has 130 valence electrons. The molecule has 0 spiro atoms. The van der Waals surface area contributed by atoms with Gasteiger partial charge in [0.05, 0.1) is 20.8 Å². The van der Waals surface area contributed by atoms with Crippen molar-refractivity contribution in [1.29, 1.82) is 0 Å². The first kappa shape index (κ1) is 17.0. The van der Waals surface area contributed by atoms with Gasteiger partial charge in [-0.3, -0.25) is 0 Å². The van der Waals surface area contributed by atoms with Gasteiger partial charge in [-0.05, 0) is 48.9 Å². The van der Waals surface area contributed by atoms with Crippen molar-refractivity contribution in [2.24, 2.45) is 0 Å². The summed E-state index contributed by atoms with van der Waals surface area (Å²) in [6, 6.07) is 20.7. The van der Waals surface area contributed by atoms with Crippen LogP contribution in [0.25, 0.3) is 21.3 Å². The Kier molecular flexibility index (Phi) is 4.45. The number of carboxylic acids is 1. The van der Waals surface area contributed by atoms with Crippen LogP contribution in [0.4, 0.5) is 0 Å². The van der Waals surface area contributed by atoms with Gasteiger partial charge in [0.1, 0.15) is 0 Å². The molecule has 3 nitrogen and oxygen atoms in total. The van der Waals surface area contributed by atoms with Gasteiger partial charge in [-0.2, -0.15) is 0 Å². The van der Waals surface area contributed by atoms with Gasteiger partial charge in [0.25, 0.3) is 0 Å². The third kappa shape index (κ3) is 3.46. The molecule has 0 saturated heterocycles. The lowest BCUT2D eigenvalue weighted by Crippen LogP contribution is -2.01. The molecular formula is C23H15NO2S. The van der Waals surface area contributed by atoms with Gasteiger partial charge in [-0.1, -0.05) is 42.2 Å². The Morgan fingerprint density at radius 1 is 1.00 bits per heavy atom. The molecule has 1 aromatic heterocycles. The monoisotopic (exact) mass is 369 g/mol. The van der Waals surface area contributed by atoms with Crippen molar-refractivity contribution in [2.75, 3.05) is 0 Å². The molecule has 0 bridgehead atoms. The van der Waals surface area contributed by atoms with Gasteiger partial charge in [0, 0.05) is 16.7 Å². The average molecular weight is 369 g/mol. The second kappa shape index (κ2) is 7.06. The van der Waals surface area contributed by atoms with Crippen LogP contribution in [0.5, 0.6) is 0 Å². The molecule has 0 radical (unpaired) electrons. The topological polar surface area (TPSA) is 50.2 Å². The number of rotatable bonds is 2. The number of carbonyl (C=O) groups is 1. The smallest absolute Gasteiger partial charge is 0.336 e. The van der Waals surface area contributed by atoms with E-state index in [1.54, 1.807) is 23.5 Å². The normalized spacial score (nSPS) is 10.4. The molecule has 0 atom stereocenters. The molecule has 0 aliphatic rings. The lowest BCUT2D eigenvalue weighted by molar-refractivity contribution is 0.0697. The van der Waals surface area contributed by atoms with Crippen LogP contribution in [-0.2, 0) is 0 Å². The minimum absolute atomic E-state index is 0.237. The number of benzene rings is 3. The van der Waals surface area contributed by atoms with Crippen LogP contribution in [0.1, 0.15) is 26.5 Å². The maximum atomic E-state index is 11.8. The van der Waals surface area contributed by atoms with Crippen LogP contribution in [0.3, 0.4) is 0 Å². The van der Waals surface area contributed by atoms with Crippen LogP contribution in [0.15, 0.2) is 66.7 Å². The van der Waals surface area contributed by atoms with Gasteiger partial charge < -0.3 is 5.11 Å². The van der Waals surface area contributed by atoms with Crippen LogP contribution >= 0.6 is 11.3 Å². The summed E-state index contributed by atoms with van der Waals surface area (Å²) in [6.45, 7) is 1.96. The maximum absolute atomic E-state index is 11.8. The Labute approximate surface area is 161 Å². The fourth-order valence-corrected chi connectivity index (χ4v) is 3.81. The minimum Gasteiger partial charge on any atom is -0.478 e. The number of aromatic nitrogens is 1. The Morgan fingerprint density at radius 3 is 2.59 bits per heavy atom. The quantitative estimate of drug-likeness (QED) is 0.483. The lowest BCUT2D eigenvalue weighted by atomic mass is 9.94. The number of nitrogens with zero attached hydrogens (tertiary/aromatic N) is 1. The molecule has 3 aromatic carbocycles. The van der Waals surface area contributed by atoms with Crippen LogP contribution in [0.2, 0.25) is 0 Å². The number of hydrogen-bond acceptors (Lipinski definition) is 3. The highest BCUT2D eigenvalue weighted by Gasteiger charge is 2.16. The zero-order chi connectivity index (χ0) is 18.8. The average Bonchev–Trinajstić information content (AvgIpc) is 3.06. The summed E-state index contributed by atoms with van der Waals surface area (Å²) in [5, 5.41) is 10.7. The zero-order valence-electron chi connectivity index (χ0n) is 14.6. The van der Waals surface area contributed by atoms with Gasteiger partial charge in [0.2, 0.25) is 0 Å². The van der Waals surface area contributed by atoms with Crippen molar-refractivity contribution < 1.29 is 9.90 Å². The first-order valence-electron chi connectivity index (χ1n) is 8.43. The van der Waals surface area contributed by atoms with Gasteiger partial charge >= 0.3 is 5.97 Å². The van der Waals surface area contributed by atoms with Crippen LogP contribution in [-0.4, -0.2) is 16.1 Å². The maximum Gasteiger partial charge on any atom is 0.336 e. The van der Waals surface area contributed by atoms with Gasteiger partial charge in [-0.15, -0.1) is 11.3 Å². The van der Waals surface area contributed by atoms with Gasteiger partial charge in [0.15, 0.2) is 0 Å². The van der Waals surface area contributed by atoms with E-state index in [4.69, 9.17) is 0 Å². The zero-order valence-corrected chi connectivity index (χ0v) is 15.4. The Morgan fingerprint density at radius 2 is 1.81 bits per heavy atom. The van der Waals surface area contributed by atoms with E-state index in [9.17, 15) is 9.90 Å². The van der Waals surface area contributed by atoms with E-state index in [-0.39, 0.29) is 5.56 Å². The van der Waals surface area contributed by atoms with Crippen molar-refractivity contribution in [3.63, 3.8) is 0 Å². The molecule has 4 aromatic rings. The highest BCUT2D eigenvalue weighted by molar-refractivity contribution is 7.18. The number of aromatic carboxylic acids is 1. The Balaban J connectivity index is 1.91. The van der Waals surface area contributed by atoms with Crippen molar-refractivity contribution >= 4 is 27.5 Å². The SMILES string of the molecule is Cc1nc2cc(-c3c(C#Cc4ccccc4)cccc3C(=O)O)ccc2s1. The van der Waals surface area contributed by atoms with E-state index in [1.165, 1.54) is 0 Å². The van der Waals surface area contributed by atoms with E-state index in [2.05, 4.69) is 16.8 Å². The number of thiazole rings is 1. The molecular weight excluding hydrogens is 354 g/mol. The predicted molar refractivity (Wildman–Crippen MR) is 109 cm³/mol. The molecule has 0 aliphatic heterocycles. The van der Waals surface area contributed by atoms with Crippen LogP contribution < -0.4 is 0 Å². The second-order valence-corrected chi connectivity index (χ2v) is 7.30. The summed E-state index contributed by atoms with van der Waals surface area (Å²) in [5.41, 5.74) is 4.11. The fraction of sp³-hybridized carbons (Fsp3) is 0.0435. The minimum atomic E-state index is -0.970. The number of aryl methyl sites for hydroxylation is 1. The van der Waals surface area contributed by atoms with Crippen LogP contribution in [0, 0.1) is 18.8 Å². The molecule has 4 rings (SSSR count). The lowest BCUT2D eigenvalue weighted by Gasteiger charge is -2.09. The van der Waals surface area contributed by atoms with Gasteiger partial charge in [-0.25, -0.2) is 9.78 Å². The summed E-state index contributed by atoms with van der Waals surface area (Å²) in [4.78, 5) is 16.4. The second-order valence-electron chi connectivity index (χ2n) is 6.06. The third-order valence-electron chi connectivity index (χ3n) is 4.19. The Hall–Kier alpha value is -3.42. The standard InChI is InChI=1S/C23H15NO2S/c1-15-24-20-14-18(12-13-21(20)27-15)22-17(8-5-9-19(22)23(25)26)11-10-16-6-3-2-4-7-16/h2-9,12-14H,1H3,(H,25,26). The van der Waals surface area contributed by atoms with E-state index >= 15 is 0 Å². The van der Waals surface area contributed by atoms with E-state index in [0.717, 1.165) is 26.4 Å². The fourth-order valence-electron chi connectivity index (χ4n) is 3.00. The van der Waals surface area contributed by atoms with E-state index < -0.39 is 5.97 Å². The summed E-state index contributed by atoms with van der Waals surface area (Å²) in [7, 11) is 0. The summed E-state index contributed by atoms with van der Waals surface area (Å²) >= 11 is 1.62. The molecule has 0 fully saturated rings. The molecule has 4 heteroatoms. The van der Waals surface area contributed by atoms with Crippen molar-refractivity contribution in [3.8, 4) is 23.0 Å². The molecule has 0 saturated carbocycles. The highest BCUT2D eigenvalue weighted by Crippen LogP contribution is 2.32. The molecule has 0 amide bonds. The Bertz CT molecular complexity index is 1210. The first-order valence-corrected chi connectivity index (χ1v) is 9.24. The molecule has 1 N–H and O–H groups in total. The number of carboxylic acid groups (broad SMARTS) is 1. The summed E-state index contributed by atoms with van der Waals surface area (Å²) < 4.78 is 1.08. The summed E-state index contributed by atoms with van der Waals surface area (Å²) in [6.07, 6.45) is 0. The van der Waals surface area contributed by atoms with Crippen molar-refractivity contribution in [3.05, 3.63) is 88.4 Å². The van der Waals surface area contributed by atoms with E-state index in [1.807, 2.05) is 61.5 Å². The third-order valence-corrected chi connectivity index (χ3v) is 5.15. The number of fused-ring (bicyclic) bond motifs is 1.